The fourth-order valence-corrected chi connectivity index (χ4v) is 10.3. The zero-order chi connectivity index (χ0) is 38.9. The number of hydrogen-bond acceptors (Lipinski definition) is 3. The first-order valence-electron chi connectivity index (χ1n) is 20.1. The predicted molar refractivity (Wildman–Crippen MR) is 253 cm³/mol. The Morgan fingerprint density at radius 1 is 0.356 bits per heavy atom. The highest BCUT2D eigenvalue weighted by molar-refractivity contribution is 7.25. The fraction of sp³-hybridized carbons (Fsp3) is 0. The van der Waals surface area contributed by atoms with Crippen molar-refractivity contribution in [3.63, 3.8) is 0 Å². The Kier molecular flexibility index (Phi) is 7.75. The van der Waals surface area contributed by atoms with Gasteiger partial charge in [0.05, 0.1) is 16.8 Å². The lowest BCUT2D eigenvalue weighted by Gasteiger charge is -2.29. The molecule has 0 aliphatic carbocycles. The Labute approximate surface area is 345 Å². The zero-order valence-corrected chi connectivity index (χ0v) is 32.8. The van der Waals surface area contributed by atoms with Crippen LogP contribution in [-0.2, 0) is 0 Å². The molecule has 0 radical (unpaired) electrons. The van der Waals surface area contributed by atoms with Crippen LogP contribution in [0.25, 0.3) is 97.0 Å². The topological polar surface area (TPSA) is 16.4 Å². The fourth-order valence-electron chi connectivity index (χ4n) is 9.13. The summed E-state index contributed by atoms with van der Waals surface area (Å²) in [5.41, 5.74) is 11.9. The maximum absolute atomic E-state index is 7.01. The Morgan fingerprint density at radius 3 is 1.83 bits per heavy atom. The Morgan fingerprint density at radius 2 is 0.983 bits per heavy atom. The van der Waals surface area contributed by atoms with Crippen LogP contribution >= 0.6 is 11.3 Å². The maximum Gasteiger partial charge on any atom is 0.145 e. The van der Waals surface area contributed by atoms with E-state index in [2.05, 4.69) is 217 Å². The lowest BCUT2D eigenvalue weighted by molar-refractivity contribution is 0.670. The standard InChI is InChI=1S/C56H35NOS/c1-2-14-36(15-3-1)37-26-29-40(30-27-37)57(51-34-38-16-4-5-17-41(38)43-19-8-9-21-45(43)51)50-33-32-48(56-55(50)49-23-10-12-24-52(49)58-56)44-20-7-6-18-42(44)39-28-31-47-46-22-11-13-25-53(46)59-54(47)35-39/h1-35H. The third kappa shape index (κ3) is 5.47. The van der Waals surface area contributed by atoms with E-state index in [1.807, 2.05) is 11.3 Å². The number of thiophene rings is 1. The molecule has 276 valence electrons. The van der Waals surface area contributed by atoms with Crippen LogP contribution in [0.4, 0.5) is 17.1 Å². The van der Waals surface area contributed by atoms with E-state index in [1.165, 1.54) is 64.0 Å². The third-order valence-corrected chi connectivity index (χ3v) is 13.0. The number of rotatable bonds is 6. The molecule has 0 bridgehead atoms. The molecule has 2 aromatic heterocycles. The molecule has 0 saturated heterocycles. The lowest BCUT2D eigenvalue weighted by atomic mass is 9.92. The summed E-state index contributed by atoms with van der Waals surface area (Å²) in [5, 5.41) is 9.62. The SMILES string of the molecule is c1ccc(-c2ccc(N(c3cc4ccccc4c4ccccc34)c3ccc(-c4ccccc4-c4ccc5c(c4)sc4ccccc45)c4oc5ccccc5c34)cc2)cc1. The largest absolute Gasteiger partial charge is 0.455 e. The number of benzene rings is 10. The molecular weight excluding hydrogens is 735 g/mol. The summed E-state index contributed by atoms with van der Waals surface area (Å²) in [6.07, 6.45) is 0. The molecule has 0 aliphatic heterocycles. The monoisotopic (exact) mass is 769 g/mol. The number of hydrogen-bond donors (Lipinski definition) is 0. The van der Waals surface area contributed by atoms with E-state index in [9.17, 15) is 0 Å². The van der Waals surface area contributed by atoms with Crippen LogP contribution in [-0.4, -0.2) is 0 Å². The summed E-state index contributed by atoms with van der Waals surface area (Å²) >= 11 is 1.86. The van der Waals surface area contributed by atoms with Crippen molar-refractivity contribution in [3.05, 3.63) is 212 Å². The van der Waals surface area contributed by atoms with Gasteiger partial charge < -0.3 is 9.32 Å². The minimum absolute atomic E-state index is 0.864. The van der Waals surface area contributed by atoms with Gasteiger partial charge in [-0.15, -0.1) is 11.3 Å². The van der Waals surface area contributed by atoms with Crippen molar-refractivity contribution in [2.75, 3.05) is 4.90 Å². The number of nitrogens with zero attached hydrogens (tertiary/aromatic N) is 1. The van der Waals surface area contributed by atoms with Crippen LogP contribution in [0.3, 0.4) is 0 Å². The van der Waals surface area contributed by atoms with Gasteiger partial charge in [0, 0.05) is 42.2 Å². The van der Waals surface area contributed by atoms with E-state index in [1.54, 1.807) is 0 Å². The van der Waals surface area contributed by atoms with Gasteiger partial charge in [-0.2, -0.15) is 0 Å². The quantitative estimate of drug-likeness (QED) is 0.157. The van der Waals surface area contributed by atoms with Crippen LogP contribution in [0, 0.1) is 0 Å². The molecule has 10 aromatic carbocycles. The Hall–Kier alpha value is -7.46. The van der Waals surface area contributed by atoms with Gasteiger partial charge in [-0.1, -0.05) is 164 Å². The first-order chi connectivity index (χ1) is 29.3. The molecule has 2 nitrogen and oxygen atoms in total. The van der Waals surface area contributed by atoms with Crippen molar-refractivity contribution in [2.45, 2.75) is 0 Å². The molecule has 0 saturated carbocycles. The molecule has 0 atom stereocenters. The average Bonchev–Trinajstić information content (AvgIpc) is 3.89. The summed E-state index contributed by atoms with van der Waals surface area (Å²) < 4.78 is 9.61. The predicted octanol–water partition coefficient (Wildman–Crippen LogP) is 16.7. The molecule has 59 heavy (non-hydrogen) atoms. The average molecular weight is 770 g/mol. The van der Waals surface area contributed by atoms with Gasteiger partial charge in [-0.05, 0) is 92.5 Å². The summed E-state index contributed by atoms with van der Waals surface area (Å²) in [6, 6.07) is 76.9. The molecule has 0 N–H and O–H groups in total. The van der Waals surface area contributed by atoms with Crippen LogP contribution in [0.2, 0.25) is 0 Å². The van der Waals surface area contributed by atoms with Gasteiger partial charge in [0.15, 0.2) is 0 Å². The van der Waals surface area contributed by atoms with E-state index in [-0.39, 0.29) is 0 Å². The lowest BCUT2D eigenvalue weighted by Crippen LogP contribution is -2.11. The number of fused-ring (bicyclic) bond motifs is 9. The van der Waals surface area contributed by atoms with Crippen molar-refractivity contribution in [1.82, 2.24) is 0 Å². The van der Waals surface area contributed by atoms with Crippen LogP contribution in [0.5, 0.6) is 0 Å². The van der Waals surface area contributed by atoms with Gasteiger partial charge in [0.2, 0.25) is 0 Å². The Balaban J connectivity index is 1.11. The second-order valence-corrected chi connectivity index (χ2v) is 16.3. The van der Waals surface area contributed by atoms with Gasteiger partial charge in [-0.3, -0.25) is 0 Å². The normalized spacial score (nSPS) is 11.7. The van der Waals surface area contributed by atoms with Crippen molar-refractivity contribution in [2.24, 2.45) is 0 Å². The van der Waals surface area contributed by atoms with E-state index >= 15 is 0 Å². The van der Waals surface area contributed by atoms with E-state index < -0.39 is 0 Å². The maximum atomic E-state index is 7.01. The van der Waals surface area contributed by atoms with E-state index in [0.29, 0.717) is 0 Å². The smallest absolute Gasteiger partial charge is 0.145 e. The van der Waals surface area contributed by atoms with E-state index in [0.717, 1.165) is 50.1 Å². The van der Waals surface area contributed by atoms with Gasteiger partial charge in [-0.25, -0.2) is 0 Å². The second kappa shape index (κ2) is 13.6. The molecule has 3 heteroatoms. The van der Waals surface area contributed by atoms with Gasteiger partial charge in [0.1, 0.15) is 11.2 Å². The second-order valence-electron chi connectivity index (χ2n) is 15.2. The van der Waals surface area contributed by atoms with Gasteiger partial charge in [0.25, 0.3) is 0 Å². The van der Waals surface area contributed by atoms with E-state index in [4.69, 9.17) is 4.42 Å². The summed E-state index contributed by atoms with van der Waals surface area (Å²) in [5.74, 6) is 0. The molecule has 0 unspecified atom stereocenters. The minimum Gasteiger partial charge on any atom is -0.455 e. The van der Waals surface area contributed by atoms with Crippen molar-refractivity contribution in [3.8, 4) is 33.4 Å². The highest BCUT2D eigenvalue weighted by Gasteiger charge is 2.25. The zero-order valence-electron chi connectivity index (χ0n) is 32.0. The number of anilines is 3. The van der Waals surface area contributed by atoms with Crippen molar-refractivity contribution in [1.29, 1.82) is 0 Å². The molecule has 12 aromatic rings. The first kappa shape index (κ1) is 33.7. The van der Waals surface area contributed by atoms with Gasteiger partial charge >= 0.3 is 0 Å². The molecule has 12 rings (SSSR count). The molecule has 2 heterocycles. The number of furan rings is 1. The highest BCUT2D eigenvalue weighted by atomic mass is 32.1. The molecular formula is C56H35NOS. The summed E-state index contributed by atoms with van der Waals surface area (Å²) in [6.45, 7) is 0. The third-order valence-electron chi connectivity index (χ3n) is 11.9. The minimum atomic E-state index is 0.864. The van der Waals surface area contributed by atoms with Crippen LogP contribution in [0.15, 0.2) is 217 Å². The molecule has 0 fully saturated rings. The first-order valence-corrected chi connectivity index (χ1v) is 20.9. The molecule has 0 spiro atoms. The highest BCUT2D eigenvalue weighted by Crippen LogP contribution is 2.50. The van der Waals surface area contributed by atoms with Crippen molar-refractivity contribution < 1.29 is 4.42 Å². The van der Waals surface area contributed by atoms with Crippen LogP contribution < -0.4 is 4.90 Å². The molecule has 0 amide bonds. The van der Waals surface area contributed by atoms with Crippen LogP contribution in [0.1, 0.15) is 0 Å². The van der Waals surface area contributed by atoms with Crippen molar-refractivity contribution >= 4 is 92.1 Å². The Bertz CT molecular complexity index is 3560. The molecule has 0 aliphatic rings. The summed E-state index contributed by atoms with van der Waals surface area (Å²) in [7, 11) is 0. The summed E-state index contributed by atoms with van der Waals surface area (Å²) in [4.78, 5) is 2.44. The number of para-hydroxylation sites is 1.